The highest BCUT2D eigenvalue weighted by Crippen LogP contribution is 2.22. The Bertz CT molecular complexity index is 942. The van der Waals surface area contributed by atoms with Crippen molar-refractivity contribution < 1.29 is 0 Å². The van der Waals surface area contributed by atoms with E-state index in [-0.39, 0.29) is 6.04 Å². The van der Waals surface area contributed by atoms with Crippen molar-refractivity contribution in [3.8, 4) is 5.69 Å². The monoisotopic (exact) mass is 379 g/mol. The molecule has 146 valence electrons. The Morgan fingerprint density at radius 2 is 2.29 bits per heavy atom. The van der Waals surface area contributed by atoms with Gasteiger partial charge in [-0.05, 0) is 44.4 Å². The third-order valence-corrected chi connectivity index (χ3v) is 4.65. The maximum Gasteiger partial charge on any atom is 0.192 e. The van der Waals surface area contributed by atoms with Gasteiger partial charge in [0.1, 0.15) is 24.3 Å². The van der Waals surface area contributed by atoms with Gasteiger partial charge < -0.3 is 10.6 Å². The number of guanidine groups is 1. The van der Waals surface area contributed by atoms with E-state index in [0.717, 1.165) is 54.8 Å². The molecule has 0 bridgehead atoms. The molecule has 1 aliphatic rings. The molecule has 0 radical (unpaired) electrons. The molecule has 1 aromatic carbocycles. The van der Waals surface area contributed by atoms with E-state index in [1.54, 1.807) is 11.0 Å². The predicted octanol–water partition coefficient (Wildman–Crippen LogP) is 1.76. The summed E-state index contributed by atoms with van der Waals surface area (Å²) < 4.78 is 3.75. The maximum absolute atomic E-state index is 4.77. The van der Waals surface area contributed by atoms with Gasteiger partial charge in [0.2, 0.25) is 0 Å². The summed E-state index contributed by atoms with van der Waals surface area (Å²) in [5, 5.41) is 15.5. The van der Waals surface area contributed by atoms with Crippen LogP contribution in [0, 0.1) is 6.92 Å². The number of hydrogen-bond donors (Lipinski definition) is 2. The topological polar surface area (TPSA) is 97.8 Å². The number of hydrogen-bond acceptors (Lipinski definition) is 5. The normalized spacial score (nSPS) is 16.6. The Kier molecular flexibility index (Phi) is 5.31. The number of nitrogens with zero attached hydrogens (tertiary/aromatic N) is 7. The van der Waals surface area contributed by atoms with Crippen LogP contribution in [0.1, 0.15) is 43.0 Å². The lowest BCUT2D eigenvalue weighted by Gasteiger charge is -2.25. The van der Waals surface area contributed by atoms with Gasteiger partial charge in [0.15, 0.2) is 5.96 Å². The summed E-state index contributed by atoms with van der Waals surface area (Å²) in [5.74, 6) is 2.59. The molecule has 0 aliphatic carbocycles. The van der Waals surface area contributed by atoms with Crippen molar-refractivity contribution in [2.75, 3.05) is 6.54 Å². The second-order valence-electron chi connectivity index (χ2n) is 6.78. The Morgan fingerprint density at radius 3 is 3.11 bits per heavy atom. The summed E-state index contributed by atoms with van der Waals surface area (Å²) in [4.78, 5) is 13.4. The Labute approximate surface area is 163 Å². The second-order valence-corrected chi connectivity index (χ2v) is 6.78. The molecular weight excluding hydrogens is 354 g/mol. The standard InChI is InChI=1S/C19H25N9/c1-3-21-19(25-17-8-5-9-27-18(17)24-14(2)26-27)22-11-15-6-4-7-16(10-15)28-13-20-12-23-28/h4,6-7,10,12-13,17H,3,5,8-9,11H2,1-2H3,(H2,21,22,25). The van der Waals surface area contributed by atoms with Crippen LogP contribution in [0.15, 0.2) is 41.9 Å². The van der Waals surface area contributed by atoms with Crippen molar-refractivity contribution >= 4 is 5.96 Å². The Morgan fingerprint density at radius 1 is 1.36 bits per heavy atom. The summed E-state index contributed by atoms with van der Waals surface area (Å²) >= 11 is 0. The van der Waals surface area contributed by atoms with Crippen LogP contribution in [0.3, 0.4) is 0 Å². The number of rotatable bonds is 5. The van der Waals surface area contributed by atoms with Gasteiger partial charge in [0.25, 0.3) is 0 Å². The molecule has 9 nitrogen and oxygen atoms in total. The smallest absolute Gasteiger partial charge is 0.192 e. The lowest BCUT2D eigenvalue weighted by Crippen LogP contribution is -2.41. The largest absolute Gasteiger partial charge is 0.357 e. The SMILES string of the molecule is CCNC(=NCc1cccc(-n2cncn2)c1)NC1CCCn2nc(C)nc21. The van der Waals surface area contributed by atoms with E-state index in [9.17, 15) is 0 Å². The molecule has 3 heterocycles. The zero-order valence-electron chi connectivity index (χ0n) is 16.2. The first-order chi connectivity index (χ1) is 13.7. The molecule has 2 aromatic heterocycles. The minimum atomic E-state index is 0.120. The van der Waals surface area contributed by atoms with Crippen LogP contribution in [0.5, 0.6) is 0 Å². The summed E-state index contributed by atoms with van der Waals surface area (Å²) in [6.07, 6.45) is 5.31. The molecule has 4 rings (SSSR count). The van der Waals surface area contributed by atoms with E-state index in [0.29, 0.717) is 6.54 Å². The summed E-state index contributed by atoms with van der Waals surface area (Å²) in [6, 6.07) is 8.27. The zero-order chi connectivity index (χ0) is 19.3. The Hall–Kier alpha value is -3.23. The number of aryl methyl sites for hydroxylation is 2. The third-order valence-electron chi connectivity index (χ3n) is 4.65. The number of aromatic nitrogens is 6. The molecule has 1 unspecified atom stereocenters. The molecule has 0 saturated heterocycles. The first-order valence-corrected chi connectivity index (χ1v) is 9.63. The first-order valence-electron chi connectivity index (χ1n) is 9.63. The van der Waals surface area contributed by atoms with Crippen molar-refractivity contribution in [1.29, 1.82) is 0 Å². The van der Waals surface area contributed by atoms with Gasteiger partial charge in [-0.25, -0.2) is 24.3 Å². The van der Waals surface area contributed by atoms with Gasteiger partial charge in [-0.1, -0.05) is 12.1 Å². The fourth-order valence-electron chi connectivity index (χ4n) is 3.40. The van der Waals surface area contributed by atoms with Gasteiger partial charge >= 0.3 is 0 Å². The van der Waals surface area contributed by atoms with Crippen LogP contribution >= 0.6 is 0 Å². The van der Waals surface area contributed by atoms with Crippen LogP contribution in [0.25, 0.3) is 5.69 Å². The lowest BCUT2D eigenvalue weighted by atomic mass is 10.1. The lowest BCUT2D eigenvalue weighted by molar-refractivity contribution is 0.397. The van der Waals surface area contributed by atoms with Crippen LogP contribution in [0.2, 0.25) is 0 Å². The fourth-order valence-corrected chi connectivity index (χ4v) is 3.40. The highest BCUT2D eigenvalue weighted by molar-refractivity contribution is 5.80. The molecular formula is C19H25N9. The predicted molar refractivity (Wildman–Crippen MR) is 106 cm³/mol. The minimum absolute atomic E-state index is 0.120. The van der Waals surface area contributed by atoms with Gasteiger partial charge in [-0.2, -0.15) is 10.2 Å². The summed E-state index contributed by atoms with van der Waals surface area (Å²) in [7, 11) is 0. The summed E-state index contributed by atoms with van der Waals surface area (Å²) in [6.45, 7) is 6.29. The van der Waals surface area contributed by atoms with Gasteiger partial charge in [0.05, 0.1) is 18.3 Å². The minimum Gasteiger partial charge on any atom is -0.357 e. The van der Waals surface area contributed by atoms with Crippen molar-refractivity contribution in [3.05, 3.63) is 54.1 Å². The second kappa shape index (κ2) is 8.20. The fraction of sp³-hybridized carbons (Fsp3) is 0.421. The van der Waals surface area contributed by atoms with Gasteiger partial charge in [-0.3, -0.25) is 0 Å². The van der Waals surface area contributed by atoms with Crippen molar-refractivity contribution in [2.45, 2.75) is 45.8 Å². The molecule has 1 aliphatic heterocycles. The van der Waals surface area contributed by atoms with Crippen molar-refractivity contribution in [1.82, 2.24) is 40.2 Å². The molecule has 0 fully saturated rings. The van der Waals surface area contributed by atoms with E-state index < -0.39 is 0 Å². The summed E-state index contributed by atoms with van der Waals surface area (Å²) in [5.41, 5.74) is 2.08. The van der Waals surface area contributed by atoms with Crippen molar-refractivity contribution in [3.63, 3.8) is 0 Å². The van der Waals surface area contributed by atoms with Crippen molar-refractivity contribution in [2.24, 2.45) is 4.99 Å². The molecule has 3 aromatic rings. The van der Waals surface area contributed by atoms with Crippen LogP contribution in [0.4, 0.5) is 0 Å². The third kappa shape index (κ3) is 4.03. The average Bonchev–Trinajstić information content (AvgIpc) is 3.36. The van der Waals surface area contributed by atoms with E-state index in [1.807, 2.05) is 23.7 Å². The average molecular weight is 379 g/mol. The highest BCUT2D eigenvalue weighted by atomic mass is 15.4. The van der Waals surface area contributed by atoms with Crippen LogP contribution in [-0.2, 0) is 13.1 Å². The number of aliphatic imine (C=N–C) groups is 1. The quantitative estimate of drug-likeness (QED) is 0.518. The first kappa shape index (κ1) is 18.1. The van der Waals surface area contributed by atoms with Crippen LogP contribution < -0.4 is 10.6 Å². The van der Waals surface area contributed by atoms with E-state index in [4.69, 9.17) is 4.99 Å². The molecule has 0 amide bonds. The molecule has 2 N–H and O–H groups in total. The van der Waals surface area contributed by atoms with E-state index >= 15 is 0 Å². The molecule has 0 saturated carbocycles. The molecule has 0 spiro atoms. The molecule has 9 heteroatoms. The number of nitrogens with one attached hydrogen (secondary N) is 2. The number of benzene rings is 1. The molecule has 1 atom stereocenters. The van der Waals surface area contributed by atoms with E-state index in [2.05, 4.69) is 49.9 Å². The van der Waals surface area contributed by atoms with Gasteiger partial charge in [-0.15, -0.1) is 0 Å². The number of fused-ring (bicyclic) bond motifs is 1. The Balaban J connectivity index is 1.49. The molecule has 28 heavy (non-hydrogen) atoms. The zero-order valence-corrected chi connectivity index (χ0v) is 16.2. The van der Waals surface area contributed by atoms with Crippen LogP contribution in [-0.4, -0.2) is 42.0 Å². The highest BCUT2D eigenvalue weighted by Gasteiger charge is 2.24. The van der Waals surface area contributed by atoms with E-state index in [1.165, 1.54) is 6.33 Å². The van der Waals surface area contributed by atoms with Gasteiger partial charge in [0, 0.05) is 13.1 Å². The maximum atomic E-state index is 4.77.